The number of rotatable bonds is 7. The first-order valence-corrected chi connectivity index (χ1v) is 12.3. The molecule has 7 N–H and O–H groups in total. The number of ketones is 2. The number of Topliss-reactive ketones (excluding diaryl/α,β-unsaturated/α-hetero) is 2. The first-order chi connectivity index (χ1) is 17.8. The maximum atomic E-state index is 14.0. The van der Waals surface area contributed by atoms with Crippen molar-refractivity contribution in [3.8, 4) is 5.75 Å². The third-order valence-corrected chi connectivity index (χ3v) is 7.86. The molecule has 3 aliphatic rings. The lowest BCUT2D eigenvalue weighted by Gasteiger charge is -2.50. The molecular weight excluding hydrogens is 504 g/mol. The Labute approximate surface area is 227 Å². The monoisotopic (exact) mass is 542 g/mol. The highest BCUT2D eigenvalue weighted by Crippen LogP contribution is 2.54. The van der Waals surface area contributed by atoms with Gasteiger partial charge in [-0.2, -0.15) is 0 Å². The zero-order valence-electron chi connectivity index (χ0n) is 21.9. The summed E-state index contributed by atoms with van der Waals surface area (Å²) in [7, 11) is 6.78. The third-order valence-electron chi connectivity index (χ3n) is 7.86. The summed E-state index contributed by atoms with van der Waals surface area (Å²) in [4.78, 5) is 42.6. The number of nitrogens with one attached hydrogen (secondary N) is 1. The fourth-order valence-electron chi connectivity index (χ4n) is 6.19. The molecule has 11 nitrogen and oxygen atoms in total. The molecule has 39 heavy (non-hydrogen) atoms. The van der Waals surface area contributed by atoms with Crippen molar-refractivity contribution in [3.63, 3.8) is 0 Å². The van der Waals surface area contributed by atoms with Crippen molar-refractivity contribution in [1.82, 2.24) is 10.2 Å². The molecule has 1 saturated carbocycles. The number of carbonyl (C=O) groups is 3. The molecule has 0 saturated heterocycles. The Morgan fingerprint density at radius 1 is 1.23 bits per heavy atom. The van der Waals surface area contributed by atoms with E-state index < -0.39 is 58.0 Å². The Morgan fingerprint density at radius 2 is 1.87 bits per heavy atom. The number of nitrogens with two attached hydrogens (primary N) is 1. The number of phenols is 1. The summed E-state index contributed by atoms with van der Waals surface area (Å²) in [5, 5.41) is 48.4. The normalized spacial score (nSPS) is 26.1. The lowest BCUT2D eigenvalue weighted by Crippen LogP contribution is -2.65. The van der Waals surface area contributed by atoms with Crippen LogP contribution in [0.3, 0.4) is 0 Å². The Kier molecular flexibility index (Phi) is 8.03. The van der Waals surface area contributed by atoms with Crippen molar-refractivity contribution in [2.75, 3.05) is 39.6 Å². The minimum Gasteiger partial charge on any atom is -0.508 e. The number of anilines is 1. The van der Waals surface area contributed by atoms with Gasteiger partial charge in [0.25, 0.3) is 5.91 Å². The van der Waals surface area contributed by atoms with Crippen LogP contribution in [0.2, 0.25) is 0 Å². The zero-order valence-corrected chi connectivity index (χ0v) is 21.9. The van der Waals surface area contributed by atoms with Crippen LogP contribution in [0.1, 0.15) is 30.5 Å². The topological polar surface area (TPSA) is 177 Å². The molecule has 0 unspecified atom stereocenters. The molecule has 4 rings (SSSR count). The van der Waals surface area contributed by atoms with Gasteiger partial charge in [-0.25, -0.2) is 0 Å². The number of carbonyl (C=O) groups excluding carboxylic acids is 3. The molecule has 0 heterocycles. The van der Waals surface area contributed by atoms with Crippen LogP contribution in [0.15, 0.2) is 35.6 Å². The summed E-state index contributed by atoms with van der Waals surface area (Å²) in [6.45, 7) is 4.40. The van der Waals surface area contributed by atoms with E-state index in [1.54, 1.807) is 20.2 Å². The van der Waals surface area contributed by atoms with Crippen LogP contribution in [0, 0.1) is 11.8 Å². The number of aliphatic hydroxyl groups is 3. The predicted molar refractivity (Wildman–Crippen MR) is 147 cm³/mol. The molecule has 0 aromatic heterocycles. The van der Waals surface area contributed by atoms with E-state index >= 15 is 0 Å². The van der Waals surface area contributed by atoms with Crippen LogP contribution in [-0.2, 0) is 27.3 Å². The Bertz CT molecular complexity index is 1310. The number of likely N-dealkylation sites (N-methyl/N-ethyl adjacent to an activating group) is 1. The van der Waals surface area contributed by atoms with E-state index in [0.717, 1.165) is 5.69 Å². The van der Waals surface area contributed by atoms with Crippen LogP contribution in [0.4, 0.5) is 5.69 Å². The second kappa shape index (κ2) is 10.5. The second-order valence-electron chi connectivity index (χ2n) is 10.5. The average Bonchev–Trinajstić information content (AvgIpc) is 2.82. The number of hydrogen-bond acceptors (Lipinski definition) is 10. The fraction of sp³-hybridized carbons (Fsp3) is 0.464. The molecule has 1 amide bonds. The van der Waals surface area contributed by atoms with Gasteiger partial charge in [-0.15, -0.1) is 6.58 Å². The molecule has 0 spiro atoms. The number of amides is 1. The summed E-state index contributed by atoms with van der Waals surface area (Å²) < 4.78 is 0. The summed E-state index contributed by atoms with van der Waals surface area (Å²) in [5.74, 6) is -6.63. The smallest absolute Gasteiger partial charge is 0.255 e. The second-order valence-corrected chi connectivity index (χ2v) is 10.5. The summed E-state index contributed by atoms with van der Waals surface area (Å²) >= 11 is 0. The number of nitrogens with zero attached hydrogens (tertiary/aromatic N) is 2. The number of aliphatic hydroxyl groups excluding tert-OH is 2. The SMILES string of the molecule is C.C=CCNCc1cc(N(C)C)c2c(c1O)C(O)=C1C(=O)[C@]3(O)C(O)=C(C(N)=O)C(=O)[C@@H](N(C)C)[C@@H]3C[C@@H]1C2. The predicted octanol–water partition coefficient (Wildman–Crippen LogP) is 0.942. The maximum absolute atomic E-state index is 14.0. The van der Waals surface area contributed by atoms with E-state index in [-0.39, 0.29) is 43.7 Å². The summed E-state index contributed by atoms with van der Waals surface area (Å²) in [5.41, 5.74) is 3.60. The van der Waals surface area contributed by atoms with Gasteiger partial charge in [0.15, 0.2) is 11.4 Å². The quantitative estimate of drug-likeness (QED) is 0.165. The largest absolute Gasteiger partial charge is 0.508 e. The number of primary amides is 1. The molecule has 0 bridgehead atoms. The van der Waals surface area contributed by atoms with Crippen LogP contribution in [-0.4, -0.2) is 89.2 Å². The minimum absolute atomic E-state index is 0. The maximum Gasteiger partial charge on any atom is 0.255 e. The first-order valence-electron chi connectivity index (χ1n) is 12.3. The molecule has 212 valence electrons. The van der Waals surface area contributed by atoms with Crippen molar-refractivity contribution in [2.24, 2.45) is 17.6 Å². The number of aromatic hydroxyl groups is 1. The van der Waals surface area contributed by atoms with Crippen molar-refractivity contribution < 1.29 is 34.8 Å². The third kappa shape index (κ3) is 4.30. The lowest BCUT2D eigenvalue weighted by atomic mass is 9.57. The van der Waals surface area contributed by atoms with Gasteiger partial charge < -0.3 is 36.4 Å². The number of benzene rings is 1. The molecule has 1 fully saturated rings. The number of hydrogen-bond donors (Lipinski definition) is 6. The van der Waals surface area contributed by atoms with E-state index in [0.29, 0.717) is 17.7 Å². The van der Waals surface area contributed by atoms with Gasteiger partial charge in [0.2, 0.25) is 5.78 Å². The van der Waals surface area contributed by atoms with E-state index in [1.807, 2.05) is 25.1 Å². The van der Waals surface area contributed by atoms with Gasteiger partial charge in [-0.05, 0) is 44.5 Å². The molecule has 3 aliphatic carbocycles. The van der Waals surface area contributed by atoms with Crippen LogP contribution >= 0.6 is 0 Å². The first kappa shape index (κ1) is 29.9. The summed E-state index contributed by atoms with van der Waals surface area (Å²) in [6, 6.07) is 0.691. The number of phenolic OH excluding ortho intramolecular Hbond substituents is 1. The Morgan fingerprint density at radius 3 is 2.41 bits per heavy atom. The van der Waals surface area contributed by atoms with Gasteiger partial charge in [0.05, 0.1) is 11.6 Å². The van der Waals surface area contributed by atoms with Crippen molar-refractivity contribution in [1.29, 1.82) is 0 Å². The van der Waals surface area contributed by atoms with E-state index in [9.17, 15) is 34.8 Å². The van der Waals surface area contributed by atoms with Crippen molar-refractivity contribution >= 4 is 28.9 Å². The summed E-state index contributed by atoms with van der Waals surface area (Å²) in [6.07, 6.45) is 1.94. The van der Waals surface area contributed by atoms with E-state index in [2.05, 4.69) is 11.9 Å². The highest BCUT2D eigenvalue weighted by molar-refractivity contribution is 6.24. The molecule has 0 aliphatic heterocycles. The van der Waals surface area contributed by atoms with Crippen molar-refractivity contribution in [3.05, 3.63) is 52.3 Å². The standard InChI is InChI=1S/C27H34N4O7.CH4/c1-6-7-29-11-13-10-16(30(2)3)14-8-12-9-15-20(31(4)5)23(34)19(26(28)37)25(36)27(15,38)24(35)17(12)22(33)18(14)21(13)32;/h6,10,12,15,20,29,32-33,36,38H,1,7-9,11H2,2-5H3,(H2,28,37);1H4/t12-,15-,20-,27-;/m0./s1. The van der Waals surface area contributed by atoms with Gasteiger partial charge in [0.1, 0.15) is 22.8 Å². The number of fused-ring (bicyclic) bond motifs is 3. The molecule has 0 radical (unpaired) electrons. The van der Waals surface area contributed by atoms with Crippen molar-refractivity contribution in [2.45, 2.75) is 38.5 Å². The highest BCUT2D eigenvalue weighted by Gasteiger charge is 2.64. The Hall–Kier alpha value is -3.67. The average molecular weight is 543 g/mol. The van der Waals surface area contributed by atoms with Gasteiger partial charge in [-0.3, -0.25) is 19.3 Å². The minimum atomic E-state index is -2.66. The molecule has 4 atom stereocenters. The van der Waals surface area contributed by atoms with Crippen LogP contribution in [0.25, 0.3) is 5.76 Å². The molecule has 1 aromatic rings. The lowest BCUT2D eigenvalue weighted by molar-refractivity contribution is -0.153. The van der Waals surface area contributed by atoms with Crippen LogP contribution < -0.4 is 16.0 Å². The van der Waals surface area contributed by atoms with Crippen LogP contribution in [0.5, 0.6) is 5.75 Å². The van der Waals surface area contributed by atoms with E-state index in [1.165, 1.54) is 4.90 Å². The molecule has 11 heteroatoms. The van der Waals surface area contributed by atoms with Gasteiger partial charge in [0, 0.05) is 49.9 Å². The Balaban J connectivity index is 0.00000420. The highest BCUT2D eigenvalue weighted by atomic mass is 16.3. The molecule has 1 aromatic carbocycles. The van der Waals surface area contributed by atoms with Gasteiger partial charge >= 0.3 is 0 Å². The zero-order chi connectivity index (χ0) is 28.3. The fourth-order valence-corrected chi connectivity index (χ4v) is 6.19. The van der Waals surface area contributed by atoms with E-state index in [4.69, 9.17) is 5.73 Å². The molecular formula is C28H38N4O7. The van der Waals surface area contributed by atoms with Gasteiger partial charge in [-0.1, -0.05) is 13.5 Å².